The monoisotopic (exact) mass is 421 g/mol. The highest BCUT2D eigenvalue weighted by Crippen LogP contribution is 2.34. The van der Waals surface area contributed by atoms with Crippen LogP contribution < -0.4 is 0 Å². The van der Waals surface area contributed by atoms with Crippen molar-refractivity contribution in [2.75, 3.05) is 33.3 Å². The van der Waals surface area contributed by atoms with Crippen molar-refractivity contribution < 1.29 is 13.9 Å². The summed E-state index contributed by atoms with van der Waals surface area (Å²) in [5.41, 5.74) is 3.92. The first-order chi connectivity index (χ1) is 15.1. The van der Waals surface area contributed by atoms with Crippen LogP contribution in [0.3, 0.4) is 0 Å². The number of piperidine rings is 1. The second-order valence-corrected chi connectivity index (χ2v) is 8.67. The van der Waals surface area contributed by atoms with Crippen LogP contribution in [-0.2, 0) is 11.2 Å². The molecule has 5 nitrogen and oxygen atoms in total. The summed E-state index contributed by atoms with van der Waals surface area (Å²) >= 11 is 0. The van der Waals surface area contributed by atoms with Gasteiger partial charge < -0.3 is 19.5 Å². The molecule has 2 aromatic carbocycles. The van der Waals surface area contributed by atoms with Gasteiger partial charge in [-0.25, -0.2) is 4.39 Å². The Kier molecular flexibility index (Phi) is 5.50. The van der Waals surface area contributed by atoms with E-state index in [0.717, 1.165) is 60.9 Å². The largest absolute Gasteiger partial charge is 0.361 e. The minimum Gasteiger partial charge on any atom is -0.361 e. The number of methoxy groups -OCH3 is 1. The first kappa shape index (κ1) is 20.2. The third-order valence-electron chi connectivity index (χ3n) is 6.83. The molecule has 6 heteroatoms. The molecule has 0 spiro atoms. The second-order valence-electron chi connectivity index (χ2n) is 8.67. The fourth-order valence-electron chi connectivity index (χ4n) is 5.10. The molecule has 0 saturated carbocycles. The lowest BCUT2D eigenvalue weighted by atomic mass is 9.90. The van der Waals surface area contributed by atoms with Gasteiger partial charge in [0.1, 0.15) is 5.82 Å². The molecular weight excluding hydrogens is 393 g/mol. The van der Waals surface area contributed by atoms with E-state index in [1.807, 2.05) is 41.4 Å². The van der Waals surface area contributed by atoms with Crippen molar-refractivity contribution >= 4 is 16.8 Å². The summed E-state index contributed by atoms with van der Waals surface area (Å²) in [5.74, 6) is 0.475. The Morgan fingerprint density at radius 3 is 2.74 bits per heavy atom. The van der Waals surface area contributed by atoms with E-state index in [1.165, 1.54) is 11.6 Å². The number of hydrogen-bond acceptors (Lipinski definition) is 3. The number of benzene rings is 2. The van der Waals surface area contributed by atoms with E-state index < -0.39 is 0 Å². The average molecular weight is 422 g/mol. The smallest absolute Gasteiger partial charge is 0.256 e. The van der Waals surface area contributed by atoms with Gasteiger partial charge in [0.2, 0.25) is 0 Å². The third-order valence-corrected chi connectivity index (χ3v) is 6.83. The van der Waals surface area contributed by atoms with Crippen LogP contribution in [0.1, 0.15) is 40.6 Å². The number of aromatic amines is 1. The summed E-state index contributed by atoms with van der Waals surface area (Å²) in [4.78, 5) is 20.3. The highest BCUT2D eigenvalue weighted by Gasteiger charge is 2.36. The number of nitrogens with zero attached hydrogens (tertiary/aromatic N) is 2. The maximum Gasteiger partial charge on any atom is 0.256 e. The Morgan fingerprint density at radius 1 is 1.13 bits per heavy atom. The summed E-state index contributed by atoms with van der Waals surface area (Å²) in [6.07, 6.45) is 4.94. The van der Waals surface area contributed by atoms with E-state index in [1.54, 1.807) is 13.2 Å². The number of hydrogen-bond donors (Lipinski definition) is 1. The molecule has 162 valence electrons. The third kappa shape index (κ3) is 3.86. The molecule has 1 fully saturated rings. The predicted octanol–water partition coefficient (Wildman–Crippen LogP) is 4.36. The Balaban J connectivity index is 1.15. The Bertz CT molecular complexity index is 1090. The number of amides is 1. The van der Waals surface area contributed by atoms with E-state index >= 15 is 0 Å². The standard InChI is InChI=1S/C25H28FN3O2/c1-31-25-21-5-3-2-4-20(21)24(30)29(25)13-12-28-10-8-17(9-11-28)14-18-16-27-23-7-6-19(26)15-22(18)23/h2-7,15-17,25,27H,8-14H2,1H3/t25-/m0/s1. The van der Waals surface area contributed by atoms with Crippen LogP contribution >= 0.6 is 0 Å². The van der Waals surface area contributed by atoms with Crippen molar-refractivity contribution in [2.24, 2.45) is 5.92 Å². The summed E-state index contributed by atoms with van der Waals surface area (Å²) in [5, 5.41) is 1.00. The van der Waals surface area contributed by atoms with E-state index in [9.17, 15) is 9.18 Å². The topological polar surface area (TPSA) is 48.6 Å². The molecule has 3 aromatic rings. The van der Waals surface area contributed by atoms with Gasteiger partial charge >= 0.3 is 0 Å². The van der Waals surface area contributed by atoms with Gasteiger partial charge in [-0.2, -0.15) is 0 Å². The van der Waals surface area contributed by atoms with Gasteiger partial charge in [0.05, 0.1) is 0 Å². The molecule has 1 aromatic heterocycles. The van der Waals surface area contributed by atoms with Gasteiger partial charge in [0.25, 0.3) is 5.91 Å². The number of halogens is 1. The van der Waals surface area contributed by atoms with Crippen molar-refractivity contribution in [1.29, 1.82) is 0 Å². The zero-order chi connectivity index (χ0) is 21.4. The second kappa shape index (κ2) is 8.44. The molecule has 1 amide bonds. The van der Waals surface area contributed by atoms with E-state index in [4.69, 9.17) is 4.74 Å². The number of carbonyl (C=O) groups is 1. The highest BCUT2D eigenvalue weighted by atomic mass is 19.1. The maximum absolute atomic E-state index is 13.6. The van der Waals surface area contributed by atoms with E-state index in [2.05, 4.69) is 9.88 Å². The number of H-pyrrole nitrogens is 1. The predicted molar refractivity (Wildman–Crippen MR) is 118 cm³/mol. The van der Waals surface area contributed by atoms with Gasteiger partial charge in [-0.3, -0.25) is 4.79 Å². The summed E-state index contributed by atoms with van der Waals surface area (Å²) in [6, 6.07) is 12.7. The van der Waals surface area contributed by atoms with Crippen LogP contribution in [0, 0.1) is 11.7 Å². The average Bonchev–Trinajstić information content (AvgIpc) is 3.31. The molecule has 0 aliphatic carbocycles. The highest BCUT2D eigenvalue weighted by molar-refractivity contribution is 5.98. The van der Waals surface area contributed by atoms with Crippen LogP contribution in [0.4, 0.5) is 4.39 Å². The molecule has 2 aliphatic heterocycles. The van der Waals surface area contributed by atoms with Gasteiger partial charge in [0.15, 0.2) is 6.23 Å². The number of nitrogens with one attached hydrogen (secondary N) is 1. The van der Waals surface area contributed by atoms with Crippen LogP contribution in [0.2, 0.25) is 0 Å². The lowest BCUT2D eigenvalue weighted by Gasteiger charge is -2.34. The van der Waals surface area contributed by atoms with Crippen LogP contribution in [0.15, 0.2) is 48.7 Å². The Morgan fingerprint density at radius 2 is 1.94 bits per heavy atom. The summed E-state index contributed by atoms with van der Waals surface area (Å²) in [6.45, 7) is 3.56. The first-order valence-corrected chi connectivity index (χ1v) is 11.0. The molecule has 1 atom stereocenters. The van der Waals surface area contributed by atoms with E-state index in [-0.39, 0.29) is 18.0 Å². The molecule has 3 heterocycles. The van der Waals surface area contributed by atoms with Crippen LogP contribution in [-0.4, -0.2) is 54.0 Å². The van der Waals surface area contributed by atoms with Crippen molar-refractivity contribution in [3.05, 3.63) is 71.2 Å². The fraction of sp³-hybridized carbons (Fsp3) is 0.400. The Labute approximate surface area is 181 Å². The first-order valence-electron chi connectivity index (χ1n) is 11.0. The number of likely N-dealkylation sites (tertiary alicyclic amines) is 1. The fourth-order valence-corrected chi connectivity index (χ4v) is 5.10. The van der Waals surface area contributed by atoms with Crippen molar-refractivity contribution in [1.82, 2.24) is 14.8 Å². The summed E-state index contributed by atoms with van der Waals surface area (Å²) < 4.78 is 19.3. The zero-order valence-corrected chi connectivity index (χ0v) is 17.8. The Hall–Kier alpha value is -2.70. The van der Waals surface area contributed by atoms with E-state index in [0.29, 0.717) is 12.5 Å². The lowest BCUT2D eigenvalue weighted by Crippen LogP contribution is -2.41. The molecule has 31 heavy (non-hydrogen) atoms. The molecule has 0 unspecified atom stereocenters. The number of carbonyl (C=O) groups excluding carboxylic acids is 1. The number of ether oxygens (including phenoxy) is 1. The van der Waals surface area contributed by atoms with Crippen LogP contribution in [0.25, 0.3) is 10.9 Å². The number of rotatable bonds is 6. The van der Waals surface area contributed by atoms with Gasteiger partial charge in [-0.15, -0.1) is 0 Å². The van der Waals surface area contributed by atoms with Gasteiger partial charge in [-0.1, -0.05) is 18.2 Å². The molecule has 2 aliphatic rings. The molecular formula is C25H28FN3O2. The molecule has 0 bridgehead atoms. The molecule has 0 radical (unpaired) electrons. The van der Waals surface area contributed by atoms with Gasteiger partial charge in [0, 0.05) is 48.4 Å². The number of aromatic nitrogens is 1. The normalized spacial score (nSPS) is 20.0. The summed E-state index contributed by atoms with van der Waals surface area (Å²) in [7, 11) is 1.66. The van der Waals surface area contributed by atoms with Crippen molar-refractivity contribution in [3.8, 4) is 0 Å². The maximum atomic E-state index is 13.6. The lowest BCUT2D eigenvalue weighted by molar-refractivity contribution is -0.0166. The quantitative estimate of drug-likeness (QED) is 0.643. The minimum atomic E-state index is -0.288. The van der Waals surface area contributed by atoms with Gasteiger partial charge in [-0.05, 0) is 68.1 Å². The molecule has 5 rings (SSSR count). The zero-order valence-electron chi connectivity index (χ0n) is 17.8. The van der Waals surface area contributed by atoms with Crippen molar-refractivity contribution in [2.45, 2.75) is 25.5 Å². The SMILES string of the molecule is CO[C@H]1c2ccccc2C(=O)N1CCN1CCC(Cc2c[nH]c3ccc(F)cc23)CC1. The van der Waals surface area contributed by atoms with Crippen molar-refractivity contribution in [3.63, 3.8) is 0 Å². The molecule has 1 N–H and O–H groups in total. The van der Waals surface area contributed by atoms with Crippen LogP contribution in [0.5, 0.6) is 0 Å². The number of fused-ring (bicyclic) bond motifs is 2. The minimum absolute atomic E-state index is 0.0592. The molecule has 1 saturated heterocycles.